The van der Waals surface area contributed by atoms with Gasteiger partial charge < -0.3 is 29.7 Å². The van der Waals surface area contributed by atoms with Crippen LogP contribution in [0.3, 0.4) is 0 Å². The van der Waals surface area contributed by atoms with Gasteiger partial charge >= 0.3 is 0 Å². The number of carbonyl (C=O) groups is 3. The Hall–Kier alpha value is -5.59. The summed E-state index contributed by atoms with van der Waals surface area (Å²) in [5.41, 5.74) is 2.91. The molecular weight excluding hydrogens is 619 g/mol. The van der Waals surface area contributed by atoms with Gasteiger partial charge in [-0.25, -0.2) is 14.4 Å². The van der Waals surface area contributed by atoms with Crippen LogP contribution in [-0.2, 0) is 22.6 Å². The number of likely N-dealkylation sites (tertiary alicyclic amines) is 1. The Morgan fingerprint density at radius 3 is 2.73 bits per heavy atom. The molecule has 248 valence electrons. The Labute approximate surface area is 276 Å². The van der Waals surface area contributed by atoms with Gasteiger partial charge in [0.25, 0.3) is 11.8 Å². The van der Waals surface area contributed by atoms with Crippen LogP contribution in [0.15, 0.2) is 67.1 Å². The highest BCUT2D eigenvalue weighted by atomic mass is 19.1. The Bertz CT molecular complexity index is 1820. The maximum absolute atomic E-state index is 14.7. The van der Waals surface area contributed by atoms with Crippen LogP contribution in [-0.4, -0.2) is 76.5 Å². The average molecular weight is 655 g/mol. The Kier molecular flexibility index (Phi) is 9.74. The van der Waals surface area contributed by atoms with Gasteiger partial charge in [-0.1, -0.05) is 6.07 Å². The van der Waals surface area contributed by atoms with E-state index < -0.39 is 23.9 Å². The number of aryl methyl sites for hydroxylation is 2. The molecular formula is C35H35FN6O6. The summed E-state index contributed by atoms with van der Waals surface area (Å²) in [6.45, 7) is 1.92. The predicted molar refractivity (Wildman–Crippen MR) is 172 cm³/mol. The Morgan fingerprint density at radius 2 is 1.94 bits per heavy atom. The summed E-state index contributed by atoms with van der Waals surface area (Å²) >= 11 is 0. The number of hydrogen-bond acceptors (Lipinski definition) is 9. The van der Waals surface area contributed by atoms with E-state index in [1.807, 2.05) is 12.1 Å². The van der Waals surface area contributed by atoms with E-state index in [4.69, 9.17) is 14.2 Å². The minimum absolute atomic E-state index is 0.107. The quantitative estimate of drug-likeness (QED) is 0.340. The number of ether oxygens (including phenoxy) is 3. The number of nitrogens with zero attached hydrogens (tertiary/aromatic N) is 4. The summed E-state index contributed by atoms with van der Waals surface area (Å²) in [7, 11) is 1.50. The molecule has 13 heteroatoms. The molecule has 2 atom stereocenters. The molecule has 1 saturated heterocycles. The van der Waals surface area contributed by atoms with E-state index in [1.165, 1.54) is 25.4 Å². The third kappa shape index (κ3) is 7.68. The average Bonchev–Trinajstić information content (AvgIpc) is 3.09. The molecule has 0 unspecified atom stereocenters. The standard InChI is InChI=1S/C35H35FN6O6/c1-21-27(18-39-34(40-21)24-4-3-10-37-17-24)35(45)42-11-9-29-28(19-42)41-33(44)20-47-31-14-22(5-7-30(31)46-2)6-8-32(43)38-16-23-12-25(36)15-26(13-23)48-29/h3-5,7,10,12-15,17-18,28-29H,6,8-9,11,16,19-20H2,1-2H3,(H,38,43)(H,41,44)/t28-,29-/m1/s1. The molecule has 2 aliphatic rings. The van der Waals surface area contributed by atoms with E-state index in [2.05, 4.69) is 25.6 Å². The van der Waals surface area contributed by atoms with Crippen LogP contribution >= 0.6 is 0 Å². The fourth-order valence-electron chi connectivity index (χ4n) is 5.77. The van der Waals surface area contributed by atoms with Gasteiger partial charge in [0.05, 0.1) is 24.4 Å². The molecule has 0 aliphatic carbocycles. The number of benzene rings is 2. The number of rotatable bonds is 3. The highest BCUT2D eigenvalue weighted by Gasteiger charge is 2.35. The van der Waals surface area contributed by atoms with E-state index in [0.717, 1.165) is 11.1 Å². The van der Waals surface area contributed by atoms with Crippen LogP contribution in [0.5, 0.6) is 17.2 Å². The summed E-state index contributed by atoms with van der Waals surface area (Å²) in [4.78, 5) is 54.3. The summed E-state index contributed by atoms with van der Waals surface area (Å²) in [5.74, 6) is 0.0280. The second-order valence-corrected chi connectivity index (χ2v) is 11.7. The van der Waals surface area contributed by atoms with E-state index in [9.17, 15) is 18.8 Å². The molecule has 48 heavy (non-hydrogen) atoms. The van der Waals surface area contributed by atoms with Gasteiger partial charge in [-0.2, -0.15) is 0 Å². The van der Waals surface area contributed by atoms with Crippen molar-refractivity contribution < 1.29 is 33.0 Å². The topological polar surface area (TPSA) is 145 Å². The van der Waals surface area contributed by atoms with Gasteiger partial charge in [0.15, 0.2) is 23.9 Å². The van der Waals surface area contributed by atoms with Crippen LogP contribution in [0.1, 0.15) is 40.0 Å². The third-order valence-electron chi connectivity index (χ3n) is 8.25. The zero-order valence-electron chi connectivity index (χ0n) is 26.6. The molecule has 6 rings (SSSR count). The van der Waals surface area contributed by atoms with Crippen molar-refractivity contribution in [3.8, 4) is 28.6 Å². The molecule has 1 fully saturated rings. The minimum Gasteiger partial charge on any atom is -0.493 e. The van der Waals surface area contributed by atoms with Crippen LogP contribution in [0, 0.1) is 12.7 Å². The van der Waals surface area contributed by atoms with Crippen molar-refractivity contribution in [2.24, 2.45) is 0 Å². The lowest BCUT2D eigenvalue weighted by molar-refractivity contribution is -0.125. The smallest absolute Gasteiger partial charge is 0.258 e. The molecule has 0 spiro atoms. The fourth-order valence-corrected chi connectivity index (χ4v) is 5.77. The maximum Gasteiger partial charge on any atom is 0.258 e. The number of carbonyl (C=O) groups excluding carboxylic acids is 3. The molecule has 12 nitrogen and oxygen atoms in total. The molecule has 4 heterocycles. The molecule has 4 bridgehead atoms. The Morgan fingerprint density at radius 1 is 1.06 bits per heavy atom. The van der Waals surface area contributed by atoms with E-state index in [0.29, 0.717) is 53.5 Å². The minimum atomic E-state index is -0.673. The molecule has 0 radical (unpaired) electrons. The molecule has 2 aromatic carbocycles. The van der Waals surface area contributed by atoms with Gasteiger partial charge in [-0.15, -0.1) is 0 Å². The summed E-state index contributed by atoms with van der Waals surface area (Å²) in [5, 5.41) is 5.80. The molecule has 4 aromatic rings. The number of nitrogens with one attached hydrogen (secondary N) is 2. The van der Waals surface area contributed by atoms with Gasteiger partial charge in [0.2, 0.25) is 5.91 Å². The first-order valence-corrected chi connectivity index (χ1v) is 15.6. The van der Waals surface area contributed by atoms with Crippen LogP contribution in [0.4, 0.5) is 4.39 Å². The highest BCUT2D eigenvalue weighted by molar-refractivity contribution is 5.95. The summed E-state index contributed by atoms with van der Waals surface area (Å²) in [6.07, 6.45) is 5.15. The van der Waals surface area contributed by atoms with Crippen molar-refractivity contribution in [2.75, 3.05) is 26.8 Å². The highest BCUT2D eigenvalue weighted by Crippen LogP contribution is 2.29. The number of aromatic nitrogens is 3. The number of halogens is 1. The lowest BCUT2D eigenvalue weighted by Crippen LogP contribution is -2.58. The van der Waals surface area contributed by atoms with Crippen LogP contribution < -0.4 is 24.8 Å². The van der Waals surface area contributed by atoms with Crippen molar-refractivity contribution in [1.82, 2.24) is 30.5 Å². The largest absolute Gasteiger partial charge is 0.493 e. The van der Waals surface area contributed by atoms with Crippen LogP contribution in [0.25, 0.3) is 11.4 Å². The molecule has 3 amide bonds. The lowest BCUT2D eigenvalue weighted by atomic mass is 10.0. The zero-order chi connectivity index (χ0) is 33.6. The molecule has 2 N–H and O–H groups in total. The van der Waals surface area contributed by atoms with Gasteiger partial charge in [0.1, 0.15) is 17.7 Å². The zero-order valence-corrected chi connectivity index (χ0v) is 26.6. The number of fused-ring (bicyclic) bond motifs is 5. The van der Waals surface area contributed by atoms with Gasteiger partial charge in [0, 0.05) is 62.7 Å². The maximum atomic E-state index is 14.7. The number of methoxy groups -OCH3 is 1. The number of hydrogen-bond donors (Lipinski definition) is 2. The SMILES string of the molecule is COc1ccc2cc1OCC(=O)N[C@@H]1CN(C(=O)c3cnc(-c4cccnc4)nc3C)CC[C@H]1Oc1cc(F)cc(c1)CNC(=O)CC2. The first kappa shape index (κ1) is 32.4. The van der Waals surface area contributed by atoms with E-state index in [1.54, 1.807) is 48.5 Å². The summed E-state index contributed by atoms with van der Waals surface area (Å²) < 4.78 is 32.2. The Balaban J connectivity index is 1.25. The lowest BCUT2D eigenvalue weighted by Gasteiger charge is -2.39. The van der Waals surface area contributed by atoms with E-state index in [-0.39, 0.29) is 43.7 Å². The van der Waals surface area contributed by atoms with Crippen molar-refractivity contribution in [3.63, 3.8) is 0 Å². The monoisotopic (exact) mass is 654 g/mol. The number of pyridine rings is 1. The number of piperidine rings is 1. The van der Waals surface area contributed by atoms with Crippen molar-refractivity contribution in [1.29, 1.82) is 0 Å². The summed E-state index contributed by atoms with van der Waals surface area (Å²) in [6, 6.07) is 12.5. The first-order valence-electron chi connectivity index (χ1n) is 15.6. The molecule has 0 saturated carbocycles. The van der Waals surface area contributed by atoms with Crippen molar-refractivity contribution in [3.05, 3.63) is 95.3 Å². The van der Waals surface area contributed by atoms with E-state index >= 15 is 0 Å². The second-order valence-electron chi connectivity index (χ2n) is 11.7. The van der Waals surface area contributed by atoms with Crippen molar-refractivity contribution in [2.45, 2.75) is 44.9 Å². The third-order valence-corrected chi connectivity index (χ3v) is 8.25. The normalized spacial score (nSPS) is 18.5. The van der Waals surface area contributed by atoms with Gasteiger partial charge in [-0.3, -0.25) is 19.4 Å². The first-order chi connectivity index (χ1) is 23.2. The van der Waals surface area contributed by atoms with Crippen molar-refractivity contribution >= 4 is 17.7 Å². The predicted octanol–water partition coefficient (Wildman–Crippen LogP) is 3.41. The second kappa shape index (κ2) is 14.4. The van der Waals surface area contributed by atoms with Crippen LogP contribution in [0.2, 0.25) is 0 Å². The fraction of sp³-hybridized carbons (Fsp3) is 0.314. The molecule has 2 aromatic heterocycles. The molecule has 2 aliphatic heterocycles. The number of amides is 3. The van der Waals surface area contributed by atoms with Gasteiger partial charge in [-0.05, 0) is 60.9 Å².